The number of carbonyl (C=O) groups excluding carboxylic acids is 1. The number of aromatic nitrogens is 2. The molecular formula is C17H24N4O. The summed E-state index contributed by atoms with van der Waals surface area (Å²) in [6.07, 6.45) is 0. The van der Waals surface area contributed by atoms with E-state index in [1.165, 1.54) is 5.56 Å². The molecule has 0 aliphatic carbocycles. The number of hydrogen-bond acceptors (Lipinski definition) is 3. The summed E-state index contributed by atoms with van der Waals surface area (Å²) in [5, 5.41) is 10.4. The van der Waals surface area contributed by atoms with E-state index in [1.54, 1.807) is 4.68 Å². The molecule has 2 aromatic rings. The number of hydrogen-bond donors (Lipinski definition) is 2. The van der Waals surface area contributed by atoms with Crippen molar-refractivity contribution in [2.75, 3.05) is 11.9 Å². The summed E-state index contributed by atoms with van der Waals surface area (Å²) in [4.78, 5) is 12.1. The second-order valence-corrected chi connectivity index (χ2v) is 5.86. The van der Waals surface area contributed by atoms with Crippen molar-refractivity contribution in [2.45, 2.75) is 26.8 Å². The average Bonchev–Trinajstić information content (AvgIpc) is 2.77. The topological polar surface area (TPSA) is 59.0 Å². The molecule has 5 heteroatoms. The average molecular weight is 300 g/mol. The minimum absolute atomic E-state index is 0.0652. The number of rotatable bonds is 6. The molecule has 2 N–H and O–H groups in total. The molecule has 0 bridgehead atoms. The van der Waals surface area contributed by atoms with Crippen molar-refractivity contribution in [1.82, 2.24) is 15.1 Å². The molecule has 0 saturated carbocycles. The number of amides is 1. The quantitative estimate of drug-likeness (QED) is 0.862. The number of nitrogens with one attached hydrogen (secondary N) is 2. The summed E-state index contributed by atoms with van der Waals surface area (Å²) in [5.41, 5.74) is 2.08. The second-order valence-electron chi connectivity index (χ2n) is 5.86. The van der Waals surface area contributed by atoms with Crippen molar-refractivity contribution in [3.05, 3.63) is 47.7 Å². The van der Waals surface area contributed by atoms with Crippen LogP contribution in [-0.2, 0) is 11.8 Å². The van der Waals surface area contributed by atoms with E-state index in [0.29, 0.717) is 11.7 Å². The Balaban J connectivity index is 1.95. The zero-order chi connectivity index (χ0) is 16.1. The van der Waals surface area contributed by atoms with E-state index < -0.39 is 0 Å². The molecule has 5 nitrogen and oxygen atoms in total. The Morgan fingerprint density at radius 3 is 2.50 bits per heavy atom. The lowest BCUT2D eigenvalue weighted by atomic mass is 9.96. The zero-order valence-corrected chi connectivity index (χ0v) is 13.6. The van der Waals surface area contributed by atoms with Crippen LogP contribution in [0.25, 0.3) is 0 Å². The lowest BCUT2D eigenvalue weighted by Gasteiger charge is -2.22. The molecule has 1 unspecified atom stereocenters. The lowest BCUT2D eigenvalue weighted by molar-refractivity contribution is -0.115. The van der Waals surface area contributed by atoms with Gasteiger partial charge in [-0.2, -0.15) is 5.10 Å². The van der Waals surface area contributed by atoms with E-state index in [9.17, 15) is 4.79 Å². The van der Waals surface area contributed by atoms with Crippen LogP contribution in [0.15, 0.2) is 36.4 Å². The Bertz CT molecular complexity index is 619. The summed E-state index contributed by atoms with van der Waals surface area (Å²) < 4.78 is 1.67. The first kappa shape index (κ1) is 16.2. The van der Waals surface area contributed by atoms with Gasteiger partial charge in [0.1, 0.15) is 5.82 Å². The fourth-order valence-electron chi connectivity index (χ4n) is 2.52. The predicted molar refractivity (Wildman–Crippen MR) is 88.6 cm³/mol. The Morgan fingerprint density at radius 1 is 1.27 bits per heavy atom. The summed E-state index contributed by atoms with van der Waals surface area (Å²) in [7, 11) is 1.82. The Hall–Kier alpha value is -2.14. The van der Waals surface area contributed by atoms with Crippen molar-refractivity contribution in [1.29, 1.82) is 0 Å². The minimum Gasteiger partial charge on any atom is -0.310 e. The van der Waals surface area contributed by atoms with Crippen LogP contribution in [0.2, 0.25) is 0 Å². The third-order valence-corrected chi connectivity index (χ3v) is 3.58. The summed E-state index contributed by atoms with van der Waals surface area (Å²) in [5.74, 6) is 1.05. The molecule has 1 heterocycles. The summed E-state index contributed by atoms with van der Waals surface area (Å²) in [6.45, 7) is 6.46. The van der Waals surface area contributed by atoms with Crippen LogP contribution in [0.4, 0.5) is 5.82 Å². The molecular weight excluding hydrogens is 276 g/mol. The van der Waals surface area contributed by atoms with Gasteiger partial charge < -0.3 is 10.6 Å². The molecule has 22 heavy (non-hydrogen) atoms. The molecule has 0 saturated heterocycles. The molecule has 0 spiro atoms. The molecule has 0 radical (unpaired) electrons. The number of anilines is 1. The van der Waals surface area contributed by atoms with Gasteiger partial charge in [0.05, 0.1) is 12.2 Å². The van der Waals surface area contributed by atoms with Crippen LogP contribution < -0.4 is 10.6 Å². The van der Waals surface area contributed by atoms with Gasteiger partial charge in [-0.1, -0.05) is 44.2 Å². The Kier molecular flexibility index (Phi) is 5.33. The van der Waals surface area contributed by atoms with Crippen molar-refractivity contribution in [3.8, 4) is 0 Å². The Morgan fingerprint density at radius 2 is 1.95 bits per heavy atom. The van der Waals surface area contributed by atoms with E-state index in [2.05, 4.69) is 41.7 Å². The molecule has 0 aliphatic rings. The van der Waals surface area contributed by atoms with E-state index in [4.69, 9.17) is 0 Å². The third-order valence-electron chi connectivity index (χ3n) is 3.58. The van der Waals surface area contributed by atoms with Gasteiger partial charge in [0.15, 0.2) is 0 Å². The molecule has 1 aromatic carbocycles. The van der Waals surface area contributed by atoms with Gasteiger partial charge in [-0.3, -0.25) is 9.48 Å². The van der Waals surface area contributed by atoms with Crippen molar-refractivity contribution >= 4 is 11.7 Å². The highest BCUT2D eigenvalue weighted by Crippen LogP contribution is 2.20. The van der Waals surface area contributed by atoms with Gasteiger partial charge >= 0.3 is 0 Å². The SMILES string of the molecule is Cc1cc(NC(=O)CNC(c2ccccc2)C(C)C)n(C)n1. The smallest absolute Gasteiger partial charge is 0.239 e. The highest BCUT2D eigenvalue weighted by atomic mass is 16.2. The van der Waals surface area contributed by atoms with Gasteiger partial charge in [-0.25, -0.2) is 0 Å². The molecule has 1 amide bonds. The van der Waals surface area contributed by atoms with Gasteiger partial charge in [0.2, 0.25) is 5.91 Å². The van der Waals surface area contributed by atoms with Crippen LogP contribution in [0.5, 0.6) is 0 Å². The van der Waals surface area contributed by atoms with Crippen LogP contribution in [0.3, 0.4) is 0 Å². The van der Waals surface area contributed by atoms with Crippen molar-refractivity contribution in [2.24, 2.45) is 13.0 Å². The third kappa shape index (κ3) is 4.18. The van der Waals surface area contributed by atoms with Crippen LogP contribution in [0.1, 0.15) is 31.1 Å². The van der Waals surface area contributed by atoms with E-state index in [1.807, 2.05) is 38.2 Å². The lowest BCUT2D eigenvalue weighted by Crippen LogP contribution is -2.34. The zero-order valence-electron chi connectivity index (χ0n) is 13.6. The normalized spacial score (nSPS) is 12.4. The van der Waals surface area contributed by atoms with E-state index in [0.717, 1.165) is 5.69 Å². The first-order valence-electron chi connectivity index (χ1n) is 7.56. The Labute approximate surface area is 131 Å². The minimum atomic E-state index is -0.0652. The molecule has 0 aliphatic heterocycles. The number of benzene rings is 1. The van der Waals surface area contributed by atoms with Crippen molar-refractivity contribution < 1.29 is 4.79 Å². The van der Waals surface area contributed by atoms with Crippen LogP contribution >= 0.6 is 0 Å². The maximum Gasteiger partial charge on any atom is 0.239 e. The van der Waals surface area contributed by atoms with Gasteiger partial charge in [0, 0.05) is 19.2 Å². The molecule has 118 valence electrons. The fraction of sp³-hybridized carbons (Fsp3) is 0.412. The number of aryl methyl sites for hydroxylation is 2. The molecule has 0 fully saturated rings. The fourth-order valence-corrected chi connectivity index (χ4v) is 2.52. The van der Waals surface area contributed by atoms with E-state index in [-0.39, 0.29) is 18.5 Å². The monoisotopic (exact) mass is 300 g/mol. The molecule has 1 atom stereocenters. The van der Waals surface area contributed by atoms with Crippen LogP contribution in [-0.4, -0.2) is 22.2 Å². The number of nitrogens with zero attached hydrogens (tertiary/aromatic N) is 2. The molecule has 2 rings (SSSR count). The summed E-state index contributed by atoms with van der Waals surface area (Å²) in [6, 6.07) is 12.2. The summed E-state index contributed by atoms with van der Waals surface area (Å²) >= 11 is 0. The van der Waals surface area contributed by atoms with Gasteiger partial charge in [-0.15, -0.1) is 0 Å². The second kappa shape index (κ2) is 7.22. The van der Waals surface area contributed by atoms with Crippen LogP contribution in [0, 0.1) is 12.8 Å². The largest absolute Gasteiger partial charge is 0.310 e. The standard InChI is InChI=1S/C17H24N4O/c1-12(2)17(14-8-6-5-7-9-14)18-11-16(22)19-15-10-13(3)20-21(15)4/h5-10,12,17-18H,11H2,1-4H3,(H,19,22). The maximum atomic E-state index is 12.1. The number of carbonyl (C=O) groups is 1. The first-order valence-corrected chi connectivity index (χ1v) is 7.56. The highest BCUT2D eigenvalue weighted by Gasteiger charge is 2.16. The maximum absolute atomic E-state index is 12.1. The van der Waals surface area contributed by atoms with Gasteiger partial charge in [-0.05, 0) is 18.4 Å². The first-order chi connectivity index (χ1) is 10.5. The predicted octanol–water partition coefficient (Wildman–Crippen LogP) is 2.65. The molecule has 1 aromatic heterocycles. The van der Waals surface area contributed by atoms with Gasteiger partial charge in [0.25, 0.3) is 0 Å². The highest BCUT2D eigenvalue weighted by molar-refractivity contribution is 5.91. The van der Waals surface area contributed by atoms with Crippen molar-refractivity contribution in [3.63, 3.8) is 0 Å². The van der Waals surface area contributed by atoms with E-state index >= 15 is 0 Å².